The van der Waals surface area contributed by atoms with Crippen molar-refractivity contribution in [2.45, 2.75) is 33.4 Å². The minimum absolute atomic E-state index is 0.217. The Morgan fingerprint density at radius 3 is 2.84 bits per heavy atom. The van der Waals surface area contributed by atoms with Gasteiger partial charge < -0.3 is 14.6 Å². The second-order valence-corrected chi connectivity index (χ2v) is 5.49. The second-order valence-electron chi connectivity index (χ2n) is 4.40. The van der Waals surface area contributed by atoms with Gasteiger partial charge in [-0.1, -0.05) is 0 Å². The fourth-order valence-corrected chi connectivity index (χ4v) is 2.90. The third-order valence-electron chi connectivity index (χ3n) is 3.13. The normalized spacial score (nSPS) is 12.6. The Kier molecular flexibility index (Phi) is 4.99. The van der Waals surface area contributed by atoms with Crippen LogP contribution in [0.25, 0.3) is 0 Å². The molecule has 2 aromatic heterocycles. The minimum Gasteiger partial charge on any atom is -0.468 e. The summed E-state index contributed by atoms with van der Waals surface area (Å²) in [5.74, 6) is 0.966. The van der Waals surface area contributed by atoms with Crippen LogP contribution in [0.15, 0.2) is 29.0 Å². The van der Waals surface area contributed by atoms with E-state index in [4.69, 9.17) is 4.42 Å². The number of hydrogen-bond donors (Lipinski definition) is 1. The van der Waals surface area contributed by atoms with Crippen LogP contribution in [0, 0.1) is 0 Å². The van der Waals surface area contributed by atoms with Gasteiger partial charge in [0.1, 0.15) is 5.76 Å². The third kappa shape index (κ3) is 3.58. The summed E-state index contributed by atoms with van der Waals surface area (Å²) in [5, 5.41) is 4.55. The van der Waals surface area contributed by atoms with E-state index < -0.39 is 0 Å². The van der Waals surface area contributed by atoms with E-state index in [0.717, 1.165) is 30.5 Å². The highest BCUT2D eigenvalue weighted by Gasteiger charge is 2.10. The molecule has 2 heterocycles. The van der Waals surface area contributed by atoms with Gasteiger partial charge in [-0.3, -0.25) is 0 Å². The molecule has 104 valence electrons. The van der Waals surface area contributed by atoms with Gasteiger partial charge in [-0.15, -0.1) is 11.3 Å². The largest absolute Gasteiger partial charge is 0.468 e. The van der Waals surface area contributed by atoms with Crippen LogP contribution in [0.4, 0.5) is 5.13 Å². The van der Waals surface area contributed by atoms with E-state index in [0.29, 0.717) is 0 Å². The number of aromatic nitrogens is 1. The Morgan fingerprint density at radius 2 is 2.21 bits per heavy atom. The van der Waals surface area contributed by atoms with Crippen molar-refractivity contribution in [2.75, 3.05) is 18.0 Å². The minimum atomic E-state index is 0.217. The molecule has 0 aliphatic carbocycles. The monoisotopic (exact) mass is 279 g/mol. The summed E-state index contributed by atoms with van der Waals surface area (Å²) in [5.41, 5.74) is 0. The van der Waals surface area contributed by atoms with Crippen LogP contribution in [0.1, 0.15) is 37.5 Å². The lowest BCUT2D eigenvalue weighted by molar-refractivity contribution is 0.431. The van der Waals surface area contributed by atoms with Crippen molar-refractivity contribution >= 4 is 16.5 Å². The predicted octanol–water partition coefficient (Wildman–Crippen LogP) is 3.43. The molecule has 0 radical (unpaired) electrons. The summed E-state index contributed by atoms with van der Waals surface area (Å²) >= 11 is 1.75. The zero-order chi connectivity index (χ0) is 13.7. The maximum absolute atomic E-state index is 5.38. The number of hydrogen-bond acceptors (Lipinski definition) is 5. The van der Waals surface area contributed by atoms with Gasteiger partial charge in [0.2, 0.25) is 0 Å². The highest BCUT2D eigenvalue weighted by molar-refractivity contribution is 7.15. The molecular formula is C14H21N3OS. The topological polar surface area (TPSA) is 41.3 Å². The fourth-order valence-electron chi connectivity index (χ4n) is 1.91. The second kappa shape index (κ2) is 6.73. The van der Waals surface area contributed by atoms with Crippen molar-refractivity contribution in [3.05, 3.63) is 35.2 Å². The van der Waals surface area contributed by atoms with Crippen LogP contribution in [0.2, 0.25) is 0 Å². The number of rotatable bonds is 7. The van der Waals surface area contributed by atoms with Crippen LogP contribution >= 0.6 is 11.3 Å². The summed E-state index contributed by atoms with van der Waals surface area (Å²) in [7, 11) is 0. The van der Waals surface area contributed by atoms with Gasteiger partial charge in [0, 0.05) is 30.7 Å². The van der Waals surface area contributed by atoms with Gasteiger partial charge >= 0.3 is 0 Å². The molecule has 0 aliphatic rings. The van der Waals surface area contributed by atoms with Crippen molar-refractivity contribution in [3.63, 3.8) is 0 Å². The lowest BCUT2D eigenvalue weighted by Gasteiger charge is -2.16. The van der Waals surface area contributed by atoms with Gasteiger partial charge in [-0.05, 0) is 32.9 Å². The lowest BCUT2D eigenvalue weighted by atomic mass is 10.2. The molecule has 0 aromatic carbocycles. The summed E-state index contributed by atoms with van der Waals surface area (Å²) in [4.78, 5) is 8.00. The van der Waals surface area contributed by atoms with E-state index >= 15 is 0 Å². The standard InChI is InChI=1S/C14H21N3OS/c1-4-17(5-2)14-16-10-12(19-14)9-15-11(3)13-7-6-8-18-13/h6-8,10-11,15H,4-5,9H2,1-3H3. The molecule has 1 atom stereocenters. The molecule has 4 nitrogen and oxygen atoms in total. The maximum atomic E-state index is 5.38. The van der Waals surface area contributed by atoms with Gasteiger partial charge in [-0.2, -0.15) is 0 Å². The Labute approximate surface area is 118 Å². The number of anilines is 1. The molecular weight excluding hydrogens is 258 g/mol. The van der Waals surface area contributed by atoms with Crippen molar-refractivity contribution in [3.8, 4) is 0 Å². The predicted molar refractivity (Wildman–Crippen MR) is 79.6 cm³/mol. The summed E-state index contributed by atoms with van der Waals surface area (Å²) in [6, 6.07) is 4.12. The molecule has 19 heavy (non-hydrogen) atoms. The van der Waals surface area contributed by atoms with Gasteiger partial charge in [0.05, 0.1) is 12.3 Å². The molecule has 1 N–H and O–H groups in total. The van der Waals surface area contributed by atoms with Crippen LogP contribution in [-0.2, 0) is 6.54 Å². The third-order valence-corrected chi connectivity index (χ3v) is 4.19. The molecule has 2 aromatic rings. The molecule has 0 aliphatic heterocycles. The molecule has 0 fully saturated rings. The van der Waals surface area contributed by atoms with Crippen molar-refractivity contribution in [1.82, 2.24) is 10.3 Å². The Bertz CT molecular complexity index is 477. The maximum Gasteiger partial charge on any atom is 0.185 e. The first-order valence-electron chi connectivity index (χ1n) is 6.71. The SMILES string of the molecule is CCN(CC)c1ncc(CNC(C)c2ccco2)s1. The Balaban J connectivity index is 1.90. The first-order chi connectivity index (χ1) is 9.24. The van der Waals surface area contributed by atoms with Gasteiger partial charge in [-0.25, -0.2) is 4.98 Å². The number of nitrogens with zero attached hydrogens (tertiary/aromatic N) is 2. The highest BCUT2D eigenvalue weighted by atomic mass is 32.1. The zero-order valence-corrected chi connectivity index (χ0v) is 12.5. The number of thiazole rings is 1. The molecule has 0 saturated carbocycles. The van der Waals surface area contributed by atoms with Crippen molar-refractivity contribution in [1.29, 1.82) is 0 Å². The molecule has 0 saturated heterocycles. The van der Waals surface area contributed by atoms with Crippen LogP contribution in [0.5, 0.6) is 0 Å². The van der Waals surface area contributed by atoms with E-state index in [1.54, 1.807) is 17.6 Å². The molecule has 0 amide bonds. The smallest absolute Gasteiger partial charge is 0.185 e. The Morgan fingerprint density at radius 1 is 1.42 bits per heavy atom. The summed E-state index contributed by atoms with van der Waals surface area (Å²) in [6.45, 7) is 9.23. The molecule has 1 unspecified atom stereocenters. The summed E-state index contributed by atoms with van der Waals surface area (Å²) in [6.07, 6.45) is 3.67. The van der Waals surface area contributed by atoms with Crippen molar-refractivity contribution < 1.29 is 4.42 Å². The van der Waals surface area contributed by atoms with Gasteiger partial charge in [0.25, 0.3) is 0 Å². The van der Waals surface area contributed by atoms with Crippen LogP contribution in [0.3, 0.4) is 0 Å². The van der Waals surface area contributed by atoms with E-state index in [-0.39, 0.29) is 6.04 Å². The molecule has 5 heteroatoms. The van der Waals surface area contributed by atoms with E-state index in [1.165, 1.54) is 4.88 Å². The number of nitrogens with one attached hydrogen (secondary N) is 1. The lowest BCUT2D eigenvalue weighted by Crippen LogP contribution is -2.21. The summed E-state index contributed by atoms with van der Waals surface area (Å²) < 4.78 is 5.38. The van der Waals surface area contributed by atoms with Crippen LogP contribution < -0.4 is 10.2 Å². The average Bonchev–Trinajstić information content (AvgIpc) is 3.09. The number of furan rings is 1. The fraction of sp³-hybridized carbons (Fsp3) is 0.500. The van der Waals surface area contributed by atoms with Gasteiger partial charge in [0.15, 0.2) is 5.13 Å². The van der Waals surface area contributed by atoms with E-state index in [2.05, 4.69) is 36.0 Å². The molecule has 0 spiro atoms. The Hall–Kier alpha value is -1.33. The first kappa shape index (κ1) is 14.1. The van der Waals surface area contributed by atoms with E-state index in [1.807, 2.05) is 18.3 Å². The quantitative estimate of drug-likeness (QED) is 0.843. The average molecular weight is 279 g/mol. The van der Waals surface area contributed by atoms with E-state index in [9.17, 15) is 0 Å². The van der Waals surface area contributed by atoms with Crippen LogP contribution in [-0.4, -0.2) is 18.1 Å². The van der Waals surface area contributed by atoms with Crippen molar-refractivity contribution in [2.24, 2.45) is 0 Å². The molecule has 2 rings (SSSR count). The zero-order valence-electron chi connectivity index (χ0n) is 11.7. The first-order valence-corrected chi connectivity index (χ1v) is 7.52. The molecule has 0 bridgehead atoms. The highest BCUT2D eigenvalue weighted by Crippen LogP contribution is 2.23.